The number of rotatable bonds is 6. The van der Waals surface area contributed by atoms with Gasteiger partial charge >= 0.3 is 11.9 Å². The number of esters is 1. The molecule has 94 valence electrons. The highest BCUT2D eigenvalue weighted by Crippen LogP contribution is 1.98. The van der Waals surface area contributed by atoms with Crippen LogP contribution in [0.1, 0.15) is 0 Å². The summed E-state index contributed by atoms with van der Waals surface area (Å²) in [6.45, 7) is 6.50. The third kappa shape index (κ3) is 6.24. The molecule has 4 nitrogen and oxygen atoms in total. The van der Waals surface area contributed by atoms with Gasteiger partial charge in [-0.15, -0.1) is 13.2 Å². The van der Waals surface area contributed by atoms with Crippen LogP contribution in [-0.4, -0.2) is 36.5 Å². The van der Waals surface area contributed by atoms with Crippen LogP contribution in [0.4, 0.5) is 8.78 Å². The van der Waals surface area contributed by atoms with E-state index in [-0.39, 0.29) is 13.1 Å². The standard InChI is InChI=1S/C11H13F2NO3/c1-3-6-14(7-4-2)10(15)11(16)17-8-5-9(12)13/h3-5H,1-2,6-8H2. The molecule has 0 fully saturated rings. The second-order valence-electron chi connectivity index (χ2n) is 2.88. The van der Waals surface area contributed by atoms with E-state index in [0.717, 1.165) is 4.90 Å². The molecule has 0 aromatic carbocycles. The predicted octanol–water partition coefficient (Wildman–Crippen LogP) is 1.51. The first-order valence-electron chi connectivity index (χ1n) is 4.71. The van der Waals surface area contributed by atoms with Gasteiger partial charge in [0.15, 0.2) is 0 Å². The van der Waals surface area contributed by atoms with E-state index in [9.17, 15) is 18.4 Å². The summed E-state index contributed by atoms with van der Waals surface area (Å²) in [6.07, 6.45) is 1.28. The maximum atomic E-state index is 11.6. The van der Waals surface area contributed by atoms with E-state index in [4.69, 9.17) is 0 Å². The molecule has 0 aliphatic heterocycles. The van der Waals surface area contributed by atoms with Crippen LogP contribution in [-0.2, 0) is 14.3 Å². The molecule has 0 saturated carbocycles. The Morgan fingerprint density at radius 2 is 1.71 bits per heavy atom. The van der Waals surface area contributed by atoms with Crippen LogP contribution >= 0.6 is 0 Å². The molecule has 0 heterocycles. The monoisotopic (exact) mass is 245 g/mol. The Bertz CT molecular complexity index is 326. The molecule has 0 aromatic heterocycles. The van der Waals surface area contributed by atoms with E-state index in [1.165, 1.54) is 12.2 Å². The van der Waals surface area contributed by atoms with Crippen LogP contribution < -0.4 is 0 Å². The molecule has 0 atom stereocenters. The number of nitrogens with zero attached hydrogens (tertiary/aromatic N) is 1. The third-order valence-electron chi connectivity index (χ3n) is 1.61. The maximum Gasteiger partial charge on any atom is 0.397 e. The van der Waals surface area contributed by atoms with Crippen molar-refractivity contribution >= 4 is 11.9 Å². The summed E-state index contributed by atoms with van der Waals surface area (Å²) < 4.78 is 27.6. The fraction of sp³-hybridized carbons (Fsp3) is 0.273. The maximum absolute atomic E-state index is 11.6. The Labute approximate surface area is 97.8 Å². The Morgan fingerprint density at radius 3 is 2.12 bits per heavy atom. The van der Waals surface area contributed by atoms with Gasteiger partial charge in [0.25, 0.3) is 6.08 Å². The lowest BCUT2D eigenvalue weighted by Gasteiger charge is -2.17. The van der Waals surface area contributed by atoms with Crippen molar-refractivity contribution in [2.24, 2.45) is 0 Å². The first-order chi connectivity index (χ1) is 8.02. The summed E-state index contributed by atoms with van der Waals surface area (Å²) >= 11 is 0. The van der Waals surface area contributed by atoms with E-state index in [1.807, 2.05) is 0 Å². The fourth-order valence-corrected chi connectivity index (χ4v) is 0.923. The van der Waals surface area contributed by atoms with E-state index >= 15 is 0 Å². The summed E-state index contributed by atoms with van der Waals surface area (Å²) in [7, 11) is 0. The summed E-state index contributed by atoms with van der Waals surface area (Å²) in [5, 5.41) is 0. The molecule has 0 aliphatic carbocycles. The Hall–Kier alpha value is -1.98. The summed E-state index contributed by atoms with van der Waals surface area (Å²) in [4.78, 5) is 23.7. The van der Waals surface area contributed by atoms with Crippen LogP contribution in [0.25, 0.3) is 0 Å². The van der Waals surface area contributed by atoms with Gasteiger partial charge in [-0.3, -0.25) is 4.79 Å². The number of hydrogen-bond acceptors (Lipinski definition) is 3. The molecule has 0 N–H and O–H groups in total. The number of carbonyl (C=O) groups excluding carboxylic acids is 2. The van der Waals surface area contributed by atoms with Gasteiger partial charge in [-0.1, -0.05) is 12.2 Å². The molecule has 0 aliphatic rings. The SMILES string of the molecule is C=CCN(CC=C)C(=O)C(=O)OCC=C(F)F. The molecule has 0 radical (unpaired) electrons. The molecule has 6 heteroatoms. The van der Waals surface area contributed by atoms with Gasteiger partial charge in [0.1, 0.15) is 6.61 Å². The number of halogens is 2. The van der Waals surface area contributed by atoms with E-state index in [2.05, 4.69) is 17.9 Å². The highest BCUT2D eigenvalue weighted by atomic mass is 19.3. The van der Waals surface area contributed by atoms with E-state index in [0.29, 0.717) is 6.08 Å². The van der Waals surface area contributed by atoms with Gasteiger partial charge in [0, 0.05) is 19.2 Å². The zero-order valence-electron chi connectivity index (χ0n) is 9.20. The number of hydrogen-bond donors (Lipinski definition) is 0. The molecule has 0 saturated heterocycles. The van der Waals surface area contributed by atoms with Gasteiger partial charge in [0.2, 0.25) is 0 Å². The zero-order valence-corrected chi connectivity index (χ0v) is 9.20. The van der Waals surface area contributed by atoms with E-state index in [1.54, 1.807) is 0 Å². The Kier molecular flexibility index (Phi) is 7.25. The van der Waals surface area contributed by atoms with Crippen molar-refractivity contribution in [1.82, 2.24) is 4.90 Å². The summed E-state index contributed by atoms with van der Waals surface area (Å²) in [5.41, 5.74) is 0. The summed E-state index contributed by atoms with van der Waals surface area (Å²) in [5.74, 6) is -2.11. The average molecular weight is 245 g/mol. The smallest absolute Gasteiger partial charge is 0.397 e. The van der Waals surface area contributed by atoms with Crippen molar-refractivity contribution in [3.8, 4) is 0 Å². The molecule has 0 bridgehead atoms. The third-order valence-corrected chi connectivity index (χ3v) is 1.61. The highest BCUT2D eigenvalue weighted by molar-refractivity contribution is 6.32. The largest absolute Gasteiger partial charge is 0.454 e. The van der Waals surface area contributed by atoms with Gasteiger partial charge < -0.3 is 9.64 Å². The highest BCUT2D eigenvalue weighted by Gasteiger charge is 2.21. The molecule has 17 heavy (non-hydrogen) atoms. The van der Waals surface area contributed by atoms with Gasteiger partial charge in [-0.05, 0) is 0 Å². The minimum absolute atomic E-state index is 0.146. The molecule has 0 aromatic rings. The van der Waals surface area contributed by atoms with Crippen LogP contribution in [0.2, 0.25) is 0 Å². The van der Waals surface area contributed by atoms with E-state index < -0.39 is 24.6 Å². The molecule has 0 spiro atoms. The first kappa shape index (κ1) is 15.0. The quantitative estimate of drug-likeness (QED) is 0.405. The topological polar surface area (TPSA) is 46.6 Å². The number of carbonyl (C=O) groups is 2. The minimum atomic E-state index is -1.97. The predicted molar refractivity (Wildman–Crippen MR) is 58.2 cm³/mol. The normalized spacial score (nSPS) is 9.06. The molecule has 1 amide bonds. The zero-order chi connectivity index (χ0) is 13.3. The molecule has 0 unspecified atom stereocenters. The van der Waals surface area contributed by atoms with Crippen molar-refractivity contribution in [3.05, 3.63) is 37.5 Å². The lowest BCUT2D eigenvalue weighted by molar-refractivity contribution is -0.158. The van der Waals surface area contributed by atoms with Crippen LogP contribution in [0.3, 0.4) is 0 Å². The lowest BCUT2D eigenvalue weighted by Crippen LogP contribution is -2.37. The molecular weight excluding hydrogens is 232 g/mol. The van der Waals surface area contributed by atoms with Crippen molar-refractivity contribution in [2.75, 3.05) is 19.7 Å². The Balaban J connectivity index is 4.34. The lowest BCUT2D eigenvalue weighted by atomic mass is 10.4. The van der Waals surface area contributed by atoms with Crippen molar-refractivity contribution < 1.29 is 23.1 Å². The van der Waals surface area contributed by atoms with Gasteiger partial charge in [-0.25, -0.2) is 4.79 Å². The van der Waals surface area contributed by atoms with Crippen LogP contribution in [0, 0.1) is 0 Å². The molecule has 0 rings (SSSR count). The van der Waals surface area contributed by atoms with Gasteiger partial charge in [-0.2, -0.15) is 8.78 Å². The first-order valence-corrected chi connectivity index (χ1v) is 4.71. The number of amides is 1. The summed E-state index contributed by atoms with van der Waals surface area (Å²) in [6, 6.07) is 0. The van der Waals surface area contributed by atoms with Crippen LogP contribution in [0.5, 0.6) is 0 Å². The molecular formula is C11H13F2NO3. The van der Waals surface area contributed by atoms with Gasteiger partial charge in [0.05, 0.1) is 0 Å². The minimum Gasteiger partial charge on any atom is -0.454 e. The van der Waals surface area contributed by atoms with Crippen molar-refractivity contribution in [3.63, 3.8) is 0 Å². The Morgan fingerprint density at radius 1 is 1.18 bits per heavy atom. The fourth-order valence-electron chi connectivity index (χ4n) is 0.923. The van der Waals surface area contributed by atoms with Crippen molar-refractivity contribution in [2.45, 2.75) is 0 Å². The van der Waals surface area contributed by atoms with Crippen LogP contribution in [0.15, 0.2) is 37.5 Å². The second-order valence-corrected chi connectivity index (χ2v) is 2.88. The average Bonchev–Trinajstić information content (AvgIpc) is 2.27. The number of ether oxygens (including phenoxy) is 1. The van der Waals surface area contributed by atoms with Crippen molar-refractivity contribution in [1.29, 1.82) is 0 Å². The second kappa shape index (κ2) is 8.20.